The highest BCUT2D eigenvalue weighted by Gasteiger charge is 2.07. The maximum absolute atomic E-state index is 11.6. The minimum absolute atomic E-state index is 0.0480. The minimum atomic E-state index is -0.907. The number of nitrogens with one attached hydrogen (secondary N) is 1. The van der Waals surface area contributed by atoms with Crippen molar-refractivity contribution in [3.63, 3.8) is 0 Å². The Hall–Kier alpha value is -2.04. The van der Waals surface area contributed by atoms with Gasteiger partial charge in [0.25, 0.3) is 0 Å². The number of amides is 2. The van der Waals surface area contributed by atoms with E-state index in [-0.39, 0.29) is 19.0 Å². The van der Waals surface area contributed by atoms with Crippen molar-refractivity contribution < 1.29 is 14.7 Å². The number of carboxylic acid groups (broad SMARTS) is 1. The zero-order valence-corrected chi connectivity index (χ0v) is 11.8. The van der Waals surface area contributed by atoms with Crippen LogP contribution in [0.15, 0.2) is 30.3 Å². The van der Waals surface area contributed by atoms with Crippen LogP contribution in [-0.4, -0.2) is 42.1 Å². The van der Waals surface area contributed by atoms with Crippen LogP contribution in [0, 0.1) is 0 Å². The van der Waals surface area contributed by atoms with E-state index in [1.54, 1.807) is 11.9 Å². The SMILES string of the molecule is CN(CCCCc1ccccc1)C(=O)NCCC(=O)O. The van der Waals surface area contributed by atoms with Crippen LogP contribution in [-0.2, 0) is 11.2 Å². The van der Waals surface area contributed by atoms with Gasteiger partial charge in [-0.05, 0) is 24.8 Å². The van der Waals surface area contributed by atoms with E-state index in [0.717, 1.165) is 19.3 Å². The summed E-state index contributed by atoms with van der Waals surface area (Å²) in [6.07, 6.45) is 2.91. The molecule has 0 aromatic heterocycles. The number of aliphatic carboxylic acids is 1. The number of carbonyl (C=O) groups is 2. The second-order valence-corrected chi connectivity index (χ2v) is 4.74. The number of aryl methyl sites for hydroxylation is 1. The highest BCUT2D eigenvalue weighted by atomic mass is 16.4. The third kappa shape index (κ3) is 6.78. The van der Waals surface area contributed by atoms with Crippen LogP contribution >= 0.6 is 0 Å². The molecule has 0 aliphatic carbocycles. The summed E-state index contributed by atoms with van der Waals surface area (Å²) >= 11 is 0. The lowest BCUT2D eigenvalue weighted by Gasteiger charge is -2.17. The third-order valence-electron chi connectivity index (χ3n) is 3.01. The van der Waals surface area contributed by atoms with Gasteiger partial charge in [-0.15, -0.1) is 0 Å². The standard InChI is InChI=1S/C15H22N2O3/c1-17(15(20)16-11-10-14(18)19)12-6-5-9-13-7-3-2-4-8-13/h2-4,7-8H,5-6,9-12H2,1H3,(H,16,20)(H,18,19). The summed E-state index contributed by atoms with van der Waals surface area (Å²) in [6, 6.07) is 10.0. The summed E-state index contributed by atoms with van der Waals surface area (Å²) in [5, 5.41) is 11.1. The van der Waals surface area contributed by atoms with Crippen LogP contribution in [0.1, 0.15) is 24.8 Å². The molecule has 0 heterocycles. The molecule has 0 saturated heterocycles. The second-order valence-electron chi connectivity index (χ2n) is 4.74. The Morgan fingerprint density at radius 1 is 1.20 bits per heavy atom. The quantitative estimate of drug-likeness (QED) is 0.716. The molecule has 1 aromatic carbocycles. The van der Waals surface area contributed by atoms with Crippen LogP contribution in [0.2, 0.25) is 0 Å². The van der Waals surface area contributed by atoms with Crippen LogP contribution in [0.25, 0.3) is 0 Å². The Kier molecular flexibility index (Phi) is 7.17. The maximum Gasteiger partial charge on any atom is 0.317 e. The molecule has 2 N–H and O–H groups in total. The van der Waals surface area contributed by atoms with Gasteiger partial charge in [-0.1, -0.05) is 30.3 Å². The van der Waals surface area contributed by atoms with E-state index < -0.39 is 5.97 Å². The van der Waals surface area contributed by atoms with Crippen molar-refractivity contribution in [1.82, 2.24) is 10.2 Å². The van der Waals surface area contributed by atoms with E-state index in [4.69, 9.17) is 5.11 Å². The third-order valence-corrected chi connectivity index (χ3v) is 3.01. The highest BCUT2D eigenvalue weighted by Crippen LogP contribution is 2.04. The smallest absolute Gasteiger partial charge is 0.317 e. The van der Waals surface area contributed by atoms with E-state index in [9.17, 15) is 9.59 Å². The fraction of sp³-hybridized carbons (Fsp3) is 0.467. The fourth-order valence-corrected chi connectivity index (χ4v) is 1.84. The monoisotopic (exact) mass is 278 g/mol. The van der Waals surface area contributed by atoms with Gasteiger partial charge in [0.2, 0.25) is 0 Å². The molecule has 2 amide bonds. The van der Waals surface area contributed by atoms with Crippen LogP contribution in [0.3, 0.4) is 0 Å². The average molecular weight is 278 g/mol. The number of carboxylic acids is 1. The van der Waals surface area contributed by atoms with Gasteiger partial charge in [0.15, 0.2) is 0 Å². The number of hydrogen-bond acceptors (Lipinski definition) is 2. The van der Waals surface area contributed by atoms with E-state index in [2.05, 4.69) is 17.4 Å². The summed E-state index contributed by atoms with van der Waals surface area (Å²) in [5.74, 6) is -0.907. The molecule has 0 saturated carbocycles. The van der Waals surface area contributed by atoms with Crippen molar-refractivity contribution in [2.75, 3.05) is 20.1 Å². The fourth-order valence-electron chi connectivity index (χ4n) is 1.84. The molecule has 0 radical (unpaired) electrons. The van der Waals surface area contributed by atoms with Crippen molar-refractivity contribution in [3.05, 3.63) is 35.9 Å². The summed E-state index contributed by atoms with van der Waals surface area (Å²) in [4.78, 5) is 23.5. The lowest BCUT2D eigenvalue weighted by molar-refractivity contribution is -0.136. The Bertz CT molecular complexity index is 420. The van der Waals surface area contributed by atoms with Crippen LogP contribution in [0.5, 0.6) is 0 Å². The molecule has 1 aromatic rings. The van der Waals surface area contributed by atoms with Gasteiger partial charge in [0.05, 0.1) is 6.42 Å². The Morgan fingerprint density at radius 3 is 2.55 bits per heavy atom. The largest absolute Gasteiger partial charge is 0.481 e. The first-order chi connectivity index (χ1) is 9.59. The summed E-state index contributed by atoms with van der Waals surface area (Å²) in [5.41, 5.74) is 1.31. The topological polar surface area (TPSA) is 69.6 Å². The maximum atomic E-state index is 11.6. The predicted octanol–water partition coefficient (Wildman–Crippen LogP) is 2.13. The summed E-state index contributed by atoms with van der Waals surface area (Å²) in [7, 11) is 1.72. The first-order valence-electron chi connectivity index (χ1n) is 6.84. The van der Waals surface area contributed by atoms with Crippen LogP contribution < -0.4 is 5.32 Å². The highest BCUT2D eigenvalue weighted by molar-refractivity contribution is 5.74. The van der Waals surface area contributed by atoms with E-state index in [1.807, 2.05) is 18.2 Å². The lowest BCUT2D eigenvalue weighted by Crippen LogP contribution is -2.38. The van der Waals surface area contributed by atoms with Crippen molar-refractivity contribution in [3.8, 4) is 0 Å². The summed E-state index contributed by atoms with van der Waals surface area (Å²) < 4.78 is 0. The molecule has 0 unspecified atom stereocenters. The van der Waals surface area contributed by atoms with E-state index in [0.29, 0.717) is 6.54 Å². The first kappa shape index (κ1) is 16.0. The molecule has 0 aliphatic rings. The normalized spacial score (nSPS) is 10.1. The molecule has 0 fully saturated rings. The number of urea groups is 1. The zero-order chi connectivity index (χ0) is 14.8. The van der Waals surface area contributed by atoms with Gasteiger partial charge in [-0.3, -0.25) is 4.79 Å². The van der Waals surface area contributed by atoms with Gasteiger partial charge in [-0.2, -0.15) is 0 Å². The number of benzene rings is 1. The molecule has 5 heteroatoms. The summed E-state index contributed by atoms with van der Waals surface area (Å²) in [6.45, 7) is 0.842. The Morgan fingerprint density at radius 2 is 1.90 bits per heavy atom. The van der Waals surface area contributed by atoms with Crippen molar-refractivity contribution in [1.29, 1.82) is 0 Å². The number of unbranched alkanes of at least 4 members (excludes halogenated alkanes) is 1. The van der Waals surface area contributed by atoms with E-state index in [1.165, 1.54) is 5.56 Å². The molecule has 0 atom stereocenters. The predicted molar refractivity (Wildman–Crippen MR) is 77.7 cm³/mol. The first-order valence-corrected chi connectivity index (χ1v) is 6.84. The molecule has 1 rings (SSSR count). The molecule has 20 heavy (non-hydrogen) atoms. The molecule has 110 valence electrons. The molecule has 0 bridgehead atoms. The minimum Gasteiger partial charge on any atom is -0.481 e. The molecule has 5 nitrogen and oxygen atoms in total. The molecule has 0 aliphatic heterocycles. The van der Waals surface area contributed by atoms with Crippen molar-refractivity contribution >= 4 is 12.0 Å². The van der Waals surface area contributed by atoms with Gasteiger partial charge in [0, 0.05) is 20.1 Å². The number of hydrogen-bond donors (Lipinski definition) is 2. The second kappa shape index (κ2) is 8.96. The van der Waals surface area contributed by atoms with Gasteiger partial charge in [-0.25, -0.2) is 4.79 Å². The van der Waals surface area contributed by atoms with Crippen LogP contribution in [0.4, 0.5) is 4.79 Å². The van der Waals surface area contributed by atoms with Crippen molar-refractivity contribution in [2.45, 2.75) is 25.7 Å². The zero-order valence-electron chi connectivity index (χ0n) is 11.8. The Balaban J connectivity index is 2.11. The number of nitrogens with zero attached hydrogens (tertiary/aromatic N) is 1. The van der Waals surface area contributed by atoms with E-state index >= 15 is 0 Å². The number of carbonyl (C=O) groups excluding carboxylic acids is 1. The average Bonchev–Trinajstić information content (AvgIpc) is 2.44. The molecular formula is C15H22N2O3. The Labute approximate surface area is 119 Å². The van der Waals surface area contributed by atoms with Gasteiger partial charge >= 0.3 is 12.0 Å². The van der Waals surface area contributed by atoms with Gasteiger partial charge in [0.1, 0.15) is 0 Å². The number of rotatable bonds is 8. The van der Waals surface area contributed by atoms with Gasteiger partial charge < -0.3 is 15.3 Å². The van der Waals surface area contributed by atoms with Crippen molar-refractivity contribution in [2.24, 2.45) is 0 Å². The molecular weight excluding hydrogens is 256 g/mol. The molecule has 0 spiro atoms. The lowest BCUT2D eigenvalue weighted by atomic mass is 10.1.